The van der Waals surface area contributed by atoms with Gasteiger partial charge in [0, 0.05) is 12.2 Å². The molecular weight excluding hydrogens is 276 g/mol. The first kappa shape index (κ1) is 14.4. The quantitative estimate of drug-likeness (QED) is 0.936. The average molecular weight is 296 g/mol. The minimum absolute atomic E-state index is 0.0732. The molecule has 0 aliphatic carbocycles. The standard InChI is InChI=1S/C18H20N2O2/c1-3-11-20-17(13-7-6-8-14(12-13)22-2)19-16-10-5-4-9-15(16)18(20)21/h4-10,12,17,19H,3,11H2,1-2H3/t17-/m1/s1. The molecule has 4 heteroatoms. The zero-order chi connectivity index (χ0) is 15.5. The van der Waals surface area contributed by atoms with Crippen LogP contribution in [0.5, 0.6) is 5.75 Å². The lowest BCUT2D eigenvalue weighted by atomic mass is 10.0. The highest BCUT2D eigenvalue weighted by molar-refractivity contribution is 6.01. The third-order valence-corrected chi connectivity index (χ3v) is 3.90. The Kier molecular flexibility index (Phi) is 4.00. The molecule has 3 rings (SSSR count). The predicted octanol–water partition coefficient (Wildman–Crippen LogP) is 3.67. The number of carbonyl (C=O) groups is 1. The number of amides is 1. The van der Waals surface area contributed by atoms with E-state index in [2.05, 4.69) is 12.2 Å². The van der Waals surface area contributed by atoms with Gasteiger partial charge in [-0.1, -0.05) is 31.2 Å². The highest BCUT2D eigenvalue weighted by atomic mass is 16.5. The average Bonchev–Trinajstić information content (AvgIpc) is 2.57. The first-order valence-corrected chi connectivity index (χ1v) is 7.55. The number of carbonyl (C=O) groups excluding carboxylic acids is 1. The van der Waals surface area contributed by atoms with E-state index >= 15 is 0 Å². The summed E-state index contributed by atoms with van der Waals surface area (Å²) in [6.07, 6.45) is 0.744. The molecule has 114 valence electrons. The molecule has 0 saturated heterocycles. The van der Waals surface area contributed by atoms with Crippen LogP contribution in [0.1, 0.15) is 35.4 Å². The largest absolute Gasteiger partial charge is 0.497 e. The number of nitrogens with one attached hydrogen (secondary N) is 1. The van der Waals surface area contributed by atoms with E-state index in [0.717, 1.165) is 29.0 Å². The molecule has 1 aliphatic heterocycles. The van der Waals surface area contributed by atoms with Crippen LogP contribution in [0.3, 0.4) is 0 Å². The molecule has 4 nitrogen and oxygen atoms in total. The summed E-state index contributed by atoms with van der Waals surface area (Å²) in [5.74, 6) is 0.867. The third-order valence-electron chi connectivity index (χ3n) is 3.90. The van der Waals surface area contributed by atoms with Gasteiger partial charge in [-0.3, -0.25) is 4.79 Å². The first-order valence-electron chi connectivity index (χ1n) is 7.55. The van der Waals surface area contributed by atoms with Gasteiger partial charge in [0.25, 0.3) is 5.91 Å². The SMILES string of the molecule is CCCN1C(=O)c2ccccc2N[C@H]1c1cccc(OC)c1. The molecule has 0 spiro atoms. The van der Waals surface area contributed by atoms with Gasteiger partial charge in [0.05, 0.1) is 12.7 Å². The number of hydrogen-bond acceptors (Lipinski definition) is 3. The van der Waals surface area contributed by atoms with Crippen LogP contribution in [0.4, 0.5) is 5.69 Å². The fourth-order valence-electron chi connectivity index (χ4n) is 2.84. The van der Waals surface area contributed by atoms with E-state index in [1.807, 2.05) is 53.4 Å². The number of nitrogens with zero attached hydrogens (tertiary/aromatic N) is 1. The van der Waals surface area contributed by atoms with Crippen molar-refractivity contribution in [3.63, 3.8) is 0 Å². The zero-order valence-corrected chi connectivity index (χ0v) is 12.9. The summed E-state index contributed by atoms with van der Waals surface area (Å²) >= 11 is 0. The lowest BCUT2D eigenvalue weighted by molar-refractivity contribution is 0.0683. The van der Waals surface area contributed by atoms with Crippen molar-refractivity contribution >= 4 is 11.6 Å². The van der Waals surface area contributed by atoms with Crippen LogP contribution < -0.4 is 10.1 Å². The van der Waals surface area contributed by atoms with Crippen molar-refractivity contribution in [1.82, 2.24) is 4.90 Å². The van der Waals surface area contributed by atoms with E-state index in [9.17, 15) is 4.79 Å². The smallest absolute Gasteiger partial charge is 0.257 e. The Morgan fingerprint density at radius 2 is 2.00 bits per heavy atom. The number of fused-ring (bicyclic) bond motifs is 1. The molecule has 0 bridgehead atoms. The maximum atomic E-state index is 12.8. The van der Waals surface area contributed by atoms with Crippen LogP contribution in [-0.4, -0.2) is 24.5 Å². The number of rotatable bonds is 4. The summed E-state index contributed by atoms with van der Waals surface area (Å²) in [5.41, 5.74) is 2.64. The van der Waals surface area contributed by atoms with Gasteiger partial charge in [0.1, 0.15) is 11.9 Å². The van der Waals surface area contributed by atoms with E-state index in [1.54, 1.807) is 7.11 Å². The van der Waals surface area contributed by atoms with Crippen molar-refractivity contribution in [3.05, 3.63) is 59.7 Å². The molecule has 0 aromatic heterocycles. The number of ether oxygens (including phenoxy) is 1. The van der Waals surface area contributed by atoms with E-state index < -0.39 is 0 Å². The lowest BCUT2D eigenvalue weighted by Crippen LogP contribution is -2.43. The van der Waals surface area contributed by atoms with Gasteiger partial charge < -0.3 is 15.0 Å². The van der Waals surface area contributed by atoms with Gasteiger partial charge in [-0.15, -0.1) is 0 Å². The van der Waals surface area contributed by atoms with Gasteiger partial charge in [-0.05, 0) is 36.2 Å². The van der Waals surface area contributed by atoms with Gasteiger partial charge in [0.15, 0.2) is 0 Å². The second kappa shape index (κ2) is 6.10. The van der Waals surface area contributed by atoms with Crippen LogP contribution in [0.2, 0.25) is 0 Å². The Hall–Kier alpha value is -2.49. The van der Waals surface area contributed by atoms with Crippen molar-refractivity contribution < 1.29 is 9.53 Å². The maximum absolute atomic E-state index is 12.8. The van der Waals surface area contributed by atoms with Crippen molar-refractivity contribution in [1.29, 1.82) is 0 Å². The minimum atomic E-state index is -0.169. The molecule has 1 atom stereocenters. The molecule has 2 aromatic rings. The van der Waals surface area contributed by atoms with Crippen LogP contribution in [-0.2, 0) is 0 Å². The highest BCUT2D eigenvalue weighted by Crippen LogP contribution is 2.34. The van der Waals surface area contributed by atoms with Crippen LogP contribution in [0.15, 0.2) is 48.5 Å². The normalized spacial score (nSPS) is 16.9. The molecule has 0 fully saturated rings. The number of methoxy groups -OCH3 is 1. The minimum Gasteiger partial charge on any atom is -0.497 e. The Labute approximate surface area is 130 Å². The monoisotopic (exact) mass is 296 g/mol. The molecule has 0 saturated carbocycles. The molecule has 1 N–H and O–H groups in total. The van der Waals surface area contributed by atoms with Crippen LogP contribution in [0.25, 0.3) is 0 Å². The fraction of sp³-hybridized carbons (Fsp3) is 0.278. The summed E-state index contributed by atoms with van der Waals surface area (Å²) in [6, 6.07) is 15.5. The highest BCUT2D eigenvalue weighted by Gasteiger charge is 2.32. The molecule has 0 unspecified atom stereocenters. The van der Waals surface area contributed by atoms with Crippen LogP contribution >= 0.6 is 0 Å². The second-order valence-electron chi connectivity index (χ2n) is 5.37. The van der Waals surface area contributed by atoms with Crippen LogP contribution in [0, 0.1) is 0 Å². The van der Waals surface area contributed by atoms with Crippen molar-refractivity contribution in [2.24, 2.45) is 0 Å². The number of hydrogen-bond donors (Lipinski definition) is 1. The Bertz CT molecular complexity index is 684. The molecule has 1 amide bonds. The summed E-state index contributed by atoms with van der Waals surface area (Å²) in [5, 5.41) is 3.48. The fourth-order valence-corrected chi connectivity index (χ4v) is 2.84. The zero-order valence-electron chi connectivity index (χ0n) is 12.9. The number of anilines is 1. The number of benzene rings is 2. The Morgan fingerprint density at radius 3 is 2.77 bits per heavy atom. The molecule has 1 heterocycles. The summed E-state index contributed by atoms with van der Waals surface area (Å²) in [6.45, 7) is 2.79. The summed E-state index contributed by atoms with van der Waals surface area (Å²) in [4.78, 5) is 14.7. The molecule has 1 aliphatic rings. The Morgan fingerprint density at radius 1 is 1.18 bits per heavy atom. The molecule has 0 radical (unpaired) electrons. The van der Waals surface area contributed by atoms with Crippen molar-refractivity contribution in [3.8, 4) is 5.75 Å². The second-order valence-corrected chi connectivity index (χ2v) is 5.37. The van der Waals surface area contributed by atoms with Gasteiger partial charge in [-0.2, -0.15) is 0 Å². The Balaban J connectivity index is 2.03. The topological polar surface area (TPSA) is 41.6 Å². The lowest BCUT2D eigenvalue weighted by Gasteiger charge is -2.38. The van der Waals surface area contributed by atoms with E-state index in [1.165, 1.54) is 0 Å². The summed E-state index contributed by atoms with van der Waals surface area (Å²) in [7, 11) is 1.65. The maximum Gasteiger partial charge on any atom is 0.257 e. The van der Waals surface area contributed by atoms with E-state index in [4.69, 9.17) is 4.74 Å². The van der Waals surface area contributed by atoms with Crippen molar-refractivity contribution in [2.75, 3.05) is 19.0 Å². The molecule has 2 aromatic carbocycles. The third kappa shape index (κ3) is 2.52. The predicted molar refractivity (Wildman–Crippen MR) is 87.1 cm³/mol. The first-order chi connectivity index (χ1) is 10.7. The summed E-state index contributed by atoms with van der Waals surface area (Å²) < 4.78 is 5.31. The molecular formula is C18H20N2O2. The van der Waals surface area contributed by atoms with Gasteiger partial charge in [0.2, 0.25) is 0 Å². The number of para-hydroxylation sites is 1. The van der Waals surface area contributed by atoms with Gasteiger partial charge in [-0.25, -0.2) is 0 Å². The van der Waals surface area contributed by atoms with E-state index in [0.29, 0.717) is 6.54 Å². The van der Waals surface area contributed by atoms with Crippen molar-refractivity contribution in [2.45, 2.75) is 19.5 Å². The molecule has 22 heavy (non-hydrogen) atoms. The van der Waals surface area contributed by atoms with Gasteiger partial charge >= 0.3 is 0 Å². The van der Waals surface area contributed by atoms with E-state index in [-0.39, 0.29) is 12.1 Å².